The maximum Gasteiger partial charge on any atom is 0.186 e. The van der Waals surface area contributed by atoms with E-state index in [9.17, 15) is 8.78 Å². The van der Waals surface area contributed by atoms with E-state index in [2.05, 4.69) is 29.1 Å². The molecule has 3 nitrogen and oxygen atoms in total. The molecule has 2 rings (SSSR count). The molecule has 0 atom stereocenters. The van der Waals surface area contributed by atoms with Crippen LogP contribution in [0.4, 0.5) is 8.78 Å². The van der Waals surface area contributed by atoms with Gasteiger partial charge in [0.2, 0.25) is 0 Å². The van der Waals surface area contributed by atoms with E-state index in [1.807, 2.05) is 0 Å². The number of aromatic amines is 1. The average Bonchev–Trinajstić information content (AvgIpc) is 2.67. The Morgan fingerprint density at radius 3 is 2.82 bits per heavy atom. The third-order valence-electron chi connectivity index (χ3n) is 2.44. The van der Waals surface area contributed by atoms with Gasteiger partial charge in [-0.15, -0.1) is 0 Å². The smallest absolute Gasteiger partial charge is 0.186 e. The number of benzene rings is 1. The van der Waals surface area contributed by atoms with Gasteiger partial charge in [0.1, 0.15) is 11.3 Å². The zero-order chi connectivity index (χ0) is 12.4. The number of hydrogen-bond acceptors (Lipinski definition) is 2. The normalized spacial score (nSPS) is 11.6. The zero-order valence-corrected chi connectivity index (χ0v) is 9.85. The van der Waals surface area contributed by atoms with Crippen molar-refractivity contribution in [3.05, 3.63) is 29.6 Å². The van der Waals surface area contributed by atoms with Crippen molar-refractivity contribution in [1.82, 2.24) is 15.3 Å². The van der Waals surface area contributed by atoms with Gasteiger partial charge in [0, 0.05) is 0 Å². The molecular formula is C12H15F2N3. The summed E-state index contributed by atoms with van der Waals surface area (Å²) in [6, 6.07) is 2.59. The van der Waals surface area contributed by atoms with E-state index in [-0.39, 0.29) is 5.52 Å². The van der Waals surface area contributed by atoms with E-state index < -0.39 is 11.6 Å². The Morgan fingerprint density at radius 1 is 1.35 bits per heavy atom. The lowest BCUT2D eigenvalue weighted by Gasteiger charge is -2.04. The topological polar surface area (TPSA) is 40.7 Å². The highest BCUT2D eigenvalue weighted by Gasteiger charge is 2.11. The van der Waals surface area contributed by atoms with E-state index in [4.69, 9.17) is 0 Å². The molecule has 0 fully saturated rings. The van der Waals surface area contributed by atoms with Gasteiger partial charge >= 0.3 is 0 Å². The van der Waals surface area contributed by atoms with Crippen molar-refractivity contribution in [2.24, 2.45) is 5.92 Å². The van der Waals surface area contributed by atoms with Crippen molar-refractivity contribution in [3.8, 4) is 0 Å². The van der Waals surface area contributed by atoms with Gasteiger partial charge in [-0.2, -0.15) is 0 Å². The molecule has 0 aliphatic heterocycles. The average molecular weight is 239 g/mol. The number of hydrogen-bond donors (Lipinski definition) is 2. The summed E-state index contributed by atoms with van der Waals surface area (Å²) in [6.07, 6.45) is 0. The van der Waals surface area contributed by atoms with Crippen LogP contribution in [0.25, 0.3) is 11.0 Å². The molecule has 2 N–H and O–H groups in total. The van der Waals surface area contributed by atoms with Crippen molar-refractivity contribution >= 4 is 11.0 Å². The summed E-state index contributed by atoms with van der Waals surface area (Å²) < 4.78 is 26.4. The Labute approximate surface area is 98.2 Å². The Hall–Kier alpha value is -1.49. The molecule has 17 heavy (non-hydrogen) atoms. The van der Waals surface area contributed by atoms with Gasteiger partial charge in [0.05, 0.1) is 12.1 Å². The molecule has 0 aliphatic rings. The first-order chi connectivity index (χ1) is 8.08. The van der Waals surface area contributed by atoms with E-state index in [1.165, 1.54) is 6.07 Å². The van der Waals surface area contributed by atoms with Crippen molar-refractivity contribution in [2.75, 3.05) is 6.54 Å². The van der Waals surface area contributed by atoms with E-state index in [1.54, 1.807) is 0 Å². The molecule has 1 aromatic heterocycles. The number of nitrogens with zero attached hydrogens (tertiary/aromatic N) is 1. The molecule has 1 aromatic carbocycles. The van der Waals surface area contributed by atoms with Gasteiger partial charge < -0.3 is 10.3 Å². The maximum atomic E-state index is 13.4. The largest absolute Gasteiger partial charge is 0.341 e. The minimum Gasteiger partial charge on any atom is -0.341 e. The van der Waals surface area contributed by atoms with Crippen LogP contribution in [0.2, 0.25) is 0 Å². The fourth-order valence-corrected chi connectivity index (χ4v) is 1.63. The molecule has 0 unspecified atom stereocenters. The molecule has 0 spiro atoms. The zero-order valence-electron chi connectivity index (χ0n) is 9.85. The molecule has 0 radical (unpaired) electrons. The van der Waals surface area contributed by atoms with Crippen LogP contribution in [0.1, 0.15) is 19.7 Å². The van der Waals surface area contributed by atoms with Crippen molar-refractivity contribution < 1.29 is 8.78 Å². The second kappa shape index (κ2) is 4.79. The van der Waals surface area contributed by atoms with Crippen molar-refractivity contribution in [3.63, 3.8) is 0 Å². The Morgan fingerprint density at radius 2 is 2.12 bits per heavy atom. The Kier molecular flexibility index (Phi) is 3.38. The standard InChI is InChI=1S/C12H15F2N3/c1-7(2)5-15-6-10-16-9-4-3-8(13)11(14)12(9)17-10/h3-4,7,15H,5-6H2,1-2H3,(H,16,17). The van der Waals surface area contributed by atoms with Crippen LogP contribution in [0.5, 0.6) is 0 Å². The van der Waals surface area contributed by atoms with E-state index in [0.717, 1.165) is 12.6 Å². The lowest BCUT2D eigenvalue weighted by molar-refractivity contribution is 0.515. The molecule has 1 heterocycles. The number of fused-ring (bicyclic) bond motifs is 1. The highest BCUT2D eigenvalue weighted by molar-refractivity contribution is 5.75. The number of aromatic nitrogens is 2. The molecule has 0 bridgehead atoms. The van der Waals surface area contributed by atoms with Gasteiger partial charge in [-0.3, -0.25) is 0 Å². The second-order valence-electron chi connectivity index (χ2n) is 4.47. The first-order valence-electron chi connectivity index (χ1n) is 5.61. The van der Waals surface area contributed by atoms with Gasteiger partial charge in [-0.05, 0) is 24.6 Å². The van der Waals surface area contributed by atoms with Gasteiger partial charge in [-0.25, -0.2) is 13.8 Å². The quantitative estimate of drug-likeness (QED) is 0.861. The first kappa shape index (κ1) is 12.0. The molecular weight excluding hydrogens is 224 g/mol. The van der Waals surface area contributed by atoms with E-state index in [0.29, 0.717) is 23.8 Å². The van der Waals surface area contributed by atoms with E-state index >= 15 is 0 Å². The summed E-state index contributed by atoms with van der Waals surface area (Å²) in [7, 11) is 0. The summed E-state index contributed by atoms with van der Waals surface area (Å²) in [5.41, 5.74) is 0.580. The van der Waals surface area contributed by atoms with Crippen LogP contribution in [0.3, 0.4) is 0 Å². The lowest BCUT2D eigenvalue weighted by atomic mass is 10.2. The number of imidazole rings is 1. The van der Waals surface area contributed by atoms with Crippen LogP contribution in [-0.2, 0) is 6.54 Å². The lowest BCUT2D eigenvalue weighted by Crippen LogP contribution is -2.19. The number of halogens is 2. The first-order valence-corrected chi connectivity index (χ1v) is 5.61. The maximum absolute atomic E-state index is 13.4. The third kappa shape index (κ3) is 2.61. The van der Waals surface area contributed by atoms with Crippen LogP contribution in [0.15, 0.2) is 12.1 Å². The summed E-state index contributed by atoms with van der Waals surface area (Å²) in [5, 5.41) is 3.19. The van der Waals surface area contributed by atoms with Crippen molar-refractivity contribution in [1.29, 1.82) is 0 Å². The Balaban J connectivity index is 2.17. The van der Waals surface area contributed by atoms with Gasteiger partial charge in [0.15, 0.2) is 11.6 Å². The predicted molar refractivity (Wildman–Crippen MR) is 62.6 cm³/mol. The van der Waals surface area contributed by atoms with Crippen molar-refractivity contribution in [2.45, 2.75) is 20.4 Å². The molecule has 0 aliphatic carbocycles. The Bertz CT molecular complexity index is 520. The van der Waals surface area contributed by atoms with Crippen LogP contribution in [-0.4, -0.2) is 16.5 Å². The highest BCUT2D eigenvalue weighted by atomic mass is 19.2. The second-order valence-corrected chi connectivity index (χ2v) is 4.47. The van der Waals surface area contributed by atoms with Crippen LogP contribution >= 0.6 is 0 Å². The molecule has 5 heteroatoms. The van der Waals surface area contributed by atoms with Crippen LogP contribution in [0, 0.1) is 17.6 Å². The number of nitrogens with one attached hydrogen (secondary N) is 2. The summed E-state index contributed by atoms with van der Waals surface area (Å²) in [5.74, 6) is -0.613. The fraction of sp³-hybridized carbons (Fsp3) is 0.417. The molecule has 0 saturated heterocycles. The van der Waals surface area contributed by atoms with Gasteiger partial charge in [0.25, 0.3) is 0 Å². The minimum absolute atomic E-state index is 0.0614. The monoisotopic (exact) mass is 239 g/mol. The van der Waals surface area contributed by atoms with Gasteiger partial charge in [-0.1, -0.05) is 13.8 Å². The minimum atomic E-state index is -0.895. The summed E-state index contributed by atoms with van der Waals surface area (Å²) in [4.78, 5) is 6.99. The predicted octanol–water partition coefficient (Wildman–Crippen LogP) is 2.59. The molecule has 0 amide bonds. The fourth-order valence-electron chi connectivity index (χ4n) is 1.63. The number of H-pyrrole nitrogens is 1. The van der Waals surface area contributed by atoms with Crippen LogP contribution < -0.4 is 5.32 Å². The number of rotatable bonds is 4. The third-order valence-corrected chi connectivity index (χ3v) is 2.44. The summed E-state index contributed by atoms with van der Waals surface area (Å²) >= 11 is 0. The SMILES string of the molecule is CC(C)CNCc1nc2c(F)c(F)ccc2[nH]1. The highest BCUT2D eigenvalue weighted by Crippen LogP contribution is 2.17. The summed E-state index contributed by atoms with van der Waals surface area (Å²) in [6.45, 7) is 5.57. The molecule has 0 saturated carbocycles. The molecule has 2 aromatic rings. The molecule has 92 valence electrons.